The first kappa shape index (κ1) is 13.9. The van der Waals surface area contributed by atoms with Crippen LogP contribution in [0.1, 0.15) is 41.5 Å². The van der Waals surface area contributed by atoms with Crippen molar-refractivity contribution in [3.8, 4) is 0 Å². The molecule has 0 atom stereocenters. The van der Waals surface area contributed by atoms with Crippen molar-refractivity contribution in [1.29, 1.82) is 0 Å². The van der Waals surface area contributed by atoms with E-state index in [-0.39, 0.29) is 16.4 Å². The topological polar surface area (TPSA) is 24.1 Å². The molecule has 0 saturated heterocycles. The van der Waals surface area contributed by atoms with E-state index in [0.717, 1.165) is 10.2 Å². The number of hydrogen-bond donors (Lipinski definition) is 2. The zero-order valence-corrected chi connectivity index (χ0v) is 12.8. The molecule has 0 radical (unpaired) electrons. The Balaban J connectivity index is 4.57. The average Bonchev–Trinajstić information content (AvgIpc) is 1.78. The maximum atomic E-state index is 3.91. The molecule has 84 valence electrons. The summed E-state index contributed by atoms with van der Waals surface area (Å²) in [6.07, 6.45) is 1.98. The molecule has 0 spiro atoms. The molecule has 0 aliphatic carbocycles. The first-order chi connectivity index (χ1) is 5.97. The second-order valence-electron chi connectivity index (χ2n) is 6.16. The SMILES string of the molecule is C=CC([SiH3])(NC(C)(C)C)NC(C)(C)C. The van der Waals surface area contributed by atoms with Crippen LogP contribution in [-0.4, -0.2) is 26.6 Å². The molecule has 3 heteroatoms. The van der Waals surface area contributed by atoms with Crippen LogP contribution in [0.25, 0.3) is 0 Å². The van der Waals surface area contributed by atoms with Gasteiger partial charge in [-0.2, -0.15) is 0 Å². The molecule has 0 aromatic rings. The van der Waals surface area contributed by atoms with Crippen LogP contribution in [0, 0.1) is 0 Å². The predicted molar refractivity (Wildman–Crippen MR) is 68.6 cm³/mol. The van der Waals surface area contributed by atoms with Crippen LogP contribution in [0.2, 0.25) is 0 Å². The summed E-state index contributed by atoms with van der Waals surface area (Å²) in [5, 5.41) is 7.06. The standard InChI is InChI=1S/C11H26N2Si/c1-8-11(14,12-9(2,3)4)13-10(5,6)7/h8,12-13H,1H2,2-7,14H3. The van der Waals surface area contributed by atoms with Gasteiger partial charge >= 0.3 is 0 Å². The largest absolute Gasteiger partial charge is 0.295 e. The van der Waals surface area contributed by atoms with Gasteiger partial charge in [0.1, 0.15) is 0 Å². The van der Waals surface area contributed by atoms with Crippen LogP contribution in [0.3, 0.4) is 0 Å². The second-order valence-corrected chi connectivity index (χ2v) is 7.73. The van der Waals surface area contributed by atoms with Gasteiger partial charge in [0.25, 0.3) is 0 Å². The Kier molecular flexibility index (Phi) is 4.13. The quantitative estimate of drug-likeness (QED) is 0.416. The average molecular weight is 214 g/mol. The molecule has 0 aliphatic heterocycles. The van der Waals surface area contributed by atoms with Crippen LogP contribution in [0.15, 0.2) is 12.7 Å². The molecule has 0 aromatic heterocycles. The minimum atomic E-state index is -0.0868. The fraction of sp³-hybridized carbons (Fsp3) is 0.818. The van der Waals surface area contributed by atoms with Crippen molar-refractivity contribution in [1.82, 2.24) is 10.6 Å². The highest BCUT2D eigenvalue weighted by atomic mass is 28.1. The van der Waals surface area contributed by atoms with Crippen LogP contribution in [0.4, 0.5) is 0 Å². The van der Waals surface area contributed by atoms with Crippen molar-refractivity contribution in [2.45, 2.75) is 57.9 Å². The Morgan fingerprint density at radius 3 is 1.36 bits per heavy atom. The predicted octanol–water partition coefficient (Wildman–Crippen LogP) is 0.968. The van der Waals surface area contributed by atoms with Gasteiger partial charge in [-0.15, -0.1) is 6.58 Å². The van der Waals surface area contributed by atoms with Crippen molar-refractivity contribution < 1.29 is 0 Å². The van der Waals surface area contributed by atoms with Gasteiger partial charge < -0.3 is 0 Å². The summed E-state index contributed by atoms with van der Waals surface area (Å²) in [5.74, 6) is 0. The van der Waals surface area contributed by atoms with Crippen LogP contribution in [0.5, 0.6) is 0 Å². The van der Waals surface area contributed by atoms with Crippen molar-refractivity contribution >= 4 is 10.2 Å². The minimum absolute atomic E-state index is 0.0868. The molecule has 0 aliphatic rings. The normalized spacial score (nSPS) is 14.4. The van der Waals surface area contributed by atoms with Crippen LogP contribution in [-0.2, 0) is 0 Å². The summed E-state index contributed by atoms with van der Waals surface area (Å²) in [7, 11) is 0.991. The maximum Gasteiger partial charge on any atom is 0.0658 e. The van der Waals surface area contributed by atoms with Crippen molar-refractivity contribution in [2.24, 2.45) is 0 Å². The molecule has 0 rings (SSSR count). The third-order valence-corrected chi connectivity index (χ3v) is 2.59. The van der Waals surface area contributed by atoms with Gasteiger partial charge in [-0.05, 0) is 41.5 Å². The lowest BCUT2D eigenvalue weighted by Gasteiger charge is -2.41. The Morgan fingerprint density at radius 1 is 0.929 bits per heavy atom. The fourth-order valence-electron chi connectivity index (χ4n) is 1.69. The third kappa shape index (κ3) is 6.35. The van der Waals surface area contributed by atoms with Gasteiger partial charge in [0, 0.05) is 11.1 Å². The lowest BCUT2D eigenvalue weighted by molar-refractivity contribution is 0.267. The molecular formula is C11H26N2Si. The second kappa shape index (κ2) is 4.17. The Labute approximate surface area is 92.0 Å². The van der Waals surface area contributed by atoms with E-state index in [1.54, 1.807) is 0 Å². The molecule has 0 aromatic carbocycles. The molecule has 0 bridgehead atoms. The minimum Gasteiger partial charge on any atom is -0.295 e. The van der Waals surface area contributed by atoms with E-state index in [1.807, 2.05) is 6.08 Å². The molecule has 0 saturated carbocycles. The highest BCUT2D eigenvalue weighted by molar-refractivity contribution is 6.16. The van der Waals surface area contributed by atoms with Crippen molar-refractivity contribution in [3.05, 3.63) is 12.7 Å². The van der Waals surface area contributed by atoms with Crippen molar-refractivity contribution in [2.75, 3.05) is 0 Å². The van der Waals surface area contributed by atoms with Gasteiger partial charge in [-0.25, -0.2) is 0 Å². The van der Waals surface area contributed by atoms with E-state index >= 15 is 0 Å². The van der Waals surface area contributed by atoms with Crippen LogP contribution < -0.4 is 10.6 Å². The monoisotopic (exact) mass is 214 g/mol. The summed E-state index contributed by atoms with van der Waals surface area (Å²) in [6, 6.07) is 0. The van der Waals surface area contributed by atoms with E-state index < -0.39 is 0 Å². The van der Waals surface area contributed by atoms with Crippen LogP contribution >= 0.6 is 0 Å². The lowest BCUT2D eigenvalue weighted by Crippen LogP contribution is -2.66. The Bertz CT molecular complexity index is 182. The van der Waals surface area contributed by atoms with Crippen molar-refractivity contribution in [3.63, 3.8) is 0 Å². The van der Waals surface area contributed by atoms with Gasteiger partial charge in [-0.1, -0.05) is 6.08 Å². The first-order valence-corrected chi connectivity index (χ1v) is 6.20. The van der Waals surface area contributed by atoms with E-state index in [0.29, 0.717) is 0 Å². The molecule has 0 unspecified atom stereocenters. The van der Waals surface area contributed by atoms with Gasteiger partial charge in [-0.3, -0.25) is 10.6 Å². The third-order valence-electron chi connectivity index (χ3n) is 1.68. The molecular weight excluding hydrogens is 188 g/mol. The van der Waals surface area contributed by atoms with E-state index in [1.165, 1.54) is 0 Å². The Hall–Kier alpha value is -0.123. The molecule has 2 N–H and O–H groups in total. The zero-order valence-electron chi connectivity index (χ0n) is 10.8. The molecule has 0 heterocycles. The summed E-state index contributed by atoms with van der Waals surface area (Å²) in [6.45, 7) is 17.0. The smallest absolute Gasteiger partial charge is 0.0658 e. The summed E-state index contributed by atoms with van der Waals surface area (Å²) >= 11 is 0. The van der Waals surface area contributed by atoms with Gasteiger partial charge in [0.15, 0.2) is 0 Å². The summed E-state index contributed by atoms with van der Waals surface area (Å²) in [4.78, 5) is 0. The van der Waals surface area contributed by atoms with Gasteiger partial charge in [0.05, 0.1) is 15.5 Å². The van der Waals surface area contributed by atoms with Gasteiger partial charge in [0.2, 0.25) is 0 Å². The molecule has 14 heavy (non-hydrogen) atoms. The lowest BCUT2D eigenvalue weighted by atomic mass is 10.1. The number of nitrogens with one attached hydrogen (secondary N) is 2. The molecule has 0 fully saturated rings. The molecule has 2 nitrogen and oxygen atoms in total. The number of rotatable bonds is 3. The molecule has 0 amide bonds. The first-order valence-electron chi connectivity index (χ1n) is 5.20. The Morgan fingerprint density at radius 2 is 1.21 bits per heavy atom. The highest BCUT2D eigenvalue weighted by Gasteiger charge is 2.29. The summed E-state index contributed by atoms with van der Waals surface area (Å²) < 4.78 is 0. The number of hydrogen-bond acceptors (Lipinski definition) is 2. The zero-order chi connectivity index (χ0) is 11.6. The van der Waals surface area contributed by atoms with E-state index in [9.17, 15) is 0 Å². The van der Waals surface area contributed by atoms with E-state index in [2.05, 4.69) is 58.8 Å². The summed E-state index contributed by atoms with van der Waals surface area (Å²) in [5.41, 5.74) is 0.211. The van der Waals surface area contributed by atoms with E-state index in [4.69, 9.17) is 0 Å². The maximum absolute atomic E-state index is 3.91. The highest BCUT2D eigenvalue weighted by Crippen LogP contribution is 2.11. The fourth-order valence-corrected chi connectivity index (χ4v) is 3.19.